The number of aryl methyl sites for hydroxylation is 2. The summed E-state index contributed by atoms with van der Waals surface area (Å²) in [5.41, 5.74) is 6.32. The second-order valence-electron chi connectivity index (χ2n) is 6.83. The van der Waals surface area contributed by atoms with Crippen LogP contribution in [-0.4, -0.2) is 21.6 Å². The third-order valence-corrected chi connectivity index (χ3v) is 5.00. The Morgan fingerprint density at radius 2 is 1.90 bits per heavy atom. The zero-order valence-corrected chi connectivity index (χ0v) is 16.5. The molecule has 0 radical (unpaired) electrons. The number of hydrogen-bond donors (Lipinski definition) is 1. The first-order chi connectivity index (χ1) is 14.1. The van der Waals surface area contributed by atoms with E-state index in [0.29, 0.717) is 17.0 Å². The van der Waals surface area contributed by atoms with Gasteiger partial charge >= 0.3 is 6.18 Å². The van der Waals surface area contributed by atoms with Gasteiger partial charge in [-0.2, -0.15) is 23.4 Å². The molecule has 154 valence electrons. The van der Waals surface area contributed by atoms with Crippen molar-refractivity contribution in [1.29, 1.82) is 5.26 Å². The first-order valence-corrected chi connectivity index (χ1v) is 8.83. The van der Waals surface area contributed by atoms with Crippen LogP contribution in [0, 0.1) is 32.1 Å². The number of aromatic nitrogens is 3. The minimum absolute atomic E-state index is 0.0126. The number of oxazole rings is 1. The molecule has 0 saturated heterocycles. The Kier molecular flexibility index (Phi) is 4.16. The maximum atomic E-state index is 13.9. The molecule has 0 unspecified atom stereocenters. The van der Waals surface area contributed by atoms with Crippen molar-refractivity contribution in [3.05, 3.63) is 40.4 Å². The quantitative estimate of drug-likeness (QED) is 0.514. The minimum Gasteiger partial charge on any atom is -0.496 e. The van der Waals surface area contributed by atoms with Gasteiger partial charge in [0.1, 0.15) is 28.7 Å². The molecule has 1 aromatic carbocycles. The molecule has 0 amide bonds. The molecule has 0 saturated carbocycles. The Bertz CT molecular complexity index is 1380. The van der Waals surface area contributed by atoms with Crippen LogP contribution in [0.4, 0.5) is 19.0 Å². The number of ether oxygens (including phenoxy) is 1. The number of rotatable bonds is 2. The largest absolute Gasteiger partial charge is 0.496 e. The van der Waals surface area contributed by atoms with E-state index in [0.717, 1.165) is 5.56 Å². The fourth-order valence-corrected chi connectivity index (χ4v) is 3.78. The van der Waals surface area contributed by atoms with Gasteiger partial charge in [-0.15, -0.1) is 0 Å². The molecule has 0 aliphatic rings. The number of nitrogens with two attached hydrogens (primary N) is 1. The molecule has 10 heteroatoms. The van der Waals surface area contributed by atoms with E-state index in [-0.39, 0.29) is 34.0 Å². The highest BCUT2D eigenvalue weighted by Gasteiger charge is 2.39. The van der Waals surface area contributed by atoms with E-state index in [1.165, 1.54) is 18.6 Å². The standard InChI is InChI=1S/C20H16F3N5O2/c1-8-5-6-12(29-4)9(2)14(8)28-15-13(11(7-24)18(28)25)17(20(21,22)23)27-19-16(15)30-10(3)26-19/h5-6H,25H2,1-4H3. The average molecular weight is 415 g/mol. The van der Waals surface area contributed by atoms with E-state index in [1.54, 1.807) is 32.0 Å². The summed E-state index contributed by atoms with van der Waals surface area (Å²) in [7, 11) is 1.49. The van der Waals surface area contributed by atoms with Gasteiger partial charge in [-0.1, -0.05) is 6.07 Å². The van der Waals surface area contributed by atoms with E-state index in [4.69, 9.17) is 14.9 Å². The van der Waals surface area contributed by atoms with Gasteiger partial charge in [0.05, 0.1) is 18.2 Å². The lowest BCUT2D eigenvalue weighted by Crippen LogP contribution is -2.10. The van der Waals surface area contributed by atoms with Crippen LogP contribution in [0.2, 0.25) is 0 Å². The molecule has 0 atom stereocenters. The number of anilines is 1. The fraction of sp³-hybridized carbons (Fsp3) is 0.250. The smallest absolute Gasteiger partial charge is 0.434 e. The normalized spacial score (nSPS) is 11.9. The van der Waals surface area contributed by atoms with Crippen LogP contribution in [0.5, 0.6) is 5.75 Å². The van der Waals surface area contributed by atoms with Crippen molar-refractivity contribution in [3.8, 4) is 17.5 Å². The summed E-state index contributed by atoms with van der Waals surface area (Å²) < 4.78 is 54.0. The molecule has 0 aliphatic carbocycles. The highest BCUT2D eigenvalue weighted by Crippen LogP contribution is 2.44. The van der Waals surface area contributed by atoms with Crippen LogP contribution in [0.15, 0.2) is 16.5 Å². The number of nitriles is 1. The van der Waals surface area contributed by atoms with Crippen molar-refractivity contribution in [1.82, 2.24) is 14.5 Å². The van der Waals surface area contributed by atoms with E-state index in [9.17, 15) is 18.4 Å². The molecule has 0 spiro atoms. The number of halogens is 3. The van der Waals surface area contributed by atoms with Gasteiger partial charge in [0, 0.05) is 12.5 Å². The Balaban J connectivity index is 2.34. The Morgan fingerprint density at radius 3 is 2.50 bits per heavy atom. The summed E-state index contributed by atoms with van der Waals surface area (Å²) >= 11 is 0. The lowest BCUT2D eigenvalue weighted by Gasteiger charge is -2.17. The lowest BCUT2D eigenvalue weighted by molar-refractivity contribution is -0.139. The van der Waals surface area contributed by atoms with Gasteiger partial charge in [-0.3, -0.25) is 4.57 Å². The third-order valence-electron chi connectivity index (χ3n) is 5.00. The number of benzene rings is 1. The molecular weight excluding hydrogens is 399 g/mol. The lowest BCUT2D eigenvalue weighted by atomic mass is 10.1. The summed E-state index contributed by atoms with van der Waals surface area (Å²) in [4.78, 5) is 7.63. The van der Waals surface area contributed by atoms with Crippen molar-refractivity contribution in [2.24, 2.45) is 0 Å². The van der Waals surface area contributed by atoms with Gasteiger partial charge in [0.15, 0.2) is 17.2 Å². The summed E-state index contributed by atoms with van der Waals surface area (Å²) in [5, 5.41) is 9.25. The number of pyridine rings is 1. The number of hydrogen-bond acceptors (Lipinski definition) is 6. The van der Waals surface area contributed by atoms with Crippen LogP contribution in [0.3, 0.4) is 0 Å². The van der Waals surface area contributed by atoms with Crippen LogP contribution in [0.25, 0.3) is 27.8 Å². The predicted octanol–water partition coefficient (Wildman–Crippen LogP) is 4.57. The van der Waals surface area contributed by atoms with E-state index >= 15 is 0 Å². The number of alkyl halides is 3. The van der Waals surface area contributed by atoms with Crippen molar-refractivity contribution < 1.29 is 22.3 Å². The number of methoxy groups -OCH3 is 1. The molecular formula is C20H16F3N5O2. The summed E-state index contributed by atoms with van der Waals surface area (Å²) in [6.07, 6.45) is -4.83. The molecule has 0 aliphatic heterocycles. The van der Waals surface area contributed by atoms with Gasteiger partial charge in [0.2, 0.25) is 5.65 Å². The first-order valence-electron chi connectivity index (χ1n) is 8.83. The van der Waals surface area contributed by atoms with Crippen LogP contribution in [0.1, 0.15) is 28.3 Å². The van der Waals surface area contributed by atoms with Crippen LogP contribution < -0.4 is 10.5 Å². The first kappa shape index (κ1) is 19.6. The summed E-state index contributed by atoms with van der Waals surface area (Å²) in [5.74, 6) is 0.508. The van der Waals surface area contributed by atoms with Crippen molar-refractivity contribution in [2.75, 3.05) is 12.8 Å². The molecule has 2 N–H and O–H groups in total. The fourth-order valence-electron chi connectivity index (χ4n) is 3.78. The number of nitrogen functional groups attached to an aromatic ring is 1. The van der Waals surface area contributed by atoms with Gasteiger partial charge < -0.3 is 14.9 Å². The predicted molar refractivity (Wildman–Crippen MR) is 104 cm³/mol. The zero-order valence-electron chi connectivity index (χ0n) is 16.5. The second kappa shape index (κ2) is 6.38. The van der Waals surface area contributed by atoms with Crippen molar-refractivity contribution in [3.63, 3.8) is 0 Å². The Morgan fingerprint density at radius 1 is 1.20 bits per heavy atom. The highest BCUT2D eigenvalue weighted by molar-refractivity contribution is 6.07. The molecule has 4 rings (SSSR count). The monoisotopic (exact) mass is 415 g/mol. The zero-order chi connectivity index (χ0) is 22.0. The summed E-state index contributed by atoms with van der Waals surface area (Å²) in [6.45, 7) is 5.05. The maximum Gasteiger partial charge on any atom is 0.434 e. The Labute approximate surface area is 168 Å². The summed E-state index contributed by atoms with van der Waals surface area (Å²) in [6, 6.07) is 5.31. The molecule has 0 fully saturated rings. The third kappa shape index (κ3) is 2.58. The van der Waals surface area contributed by atoms with E-state index in [2.05, 4.69) is 9.97 Å². The number of nitrogens with zero attached hydrogens (tertiary/aromatic N) is 4. The van der Waals surface area contributed by atoms with Crippen molar-refractivity contribution in [2.45, 2.75) is 26.9 Å². The molecule has 3 heterocycles. The molecule has 3 aromatic heterocycles. The van der Waals surface area contributed by atoms with Gasteiger partial charge in [-0.25, -0.2) is 4.98 Å². The maximum absolute atomic E-state index is 13.9. The second-order valence-corrected chi connectivity index (χ2v) is 6.83. The average Bonchev–Trinajstić information content (AvgIpc) is 3.17. The van der Waals surface area contributed by atoms with Crippen molar-refractivity contribution >= 4 is 28.0 Å². The topological polar surface area (TPSA) is 103 Å². The molecule has 7 nitrogen and oxygen atoms in total. The van der Waals surface area contributed by atoms with E-state index < -0.39 is 17.3 Å². The number of fused-ring (bicyclic) bond motifs is 3. The minimum atomic E-state index is -4.83. The molecule has 0 bridgehead atoms. The SMILES string of the molecule is COc1ccc(C)c(-n2c(N)c(C#N)c3c(C(F)(F)F)nc4nc(C)oc4c32)c1C. The van der Waals surface area contributed by atoms with Gasteiger partial charge in [-0.05, 0) is 25.5 Å². The Hall–Kier alpha value is -3.74. The van der Waals surface area contributed by atoms with Crippen LogP contribution >= 0.6 is 0 Å². The van der Waals surface area contributed by atoms with E-state index in [1.807, 2.05) is 0 Å². The molecule has 30 heavy (non-hydrogen) atoms. The molecule has 4 aromatic rings. The van der Waals surface area contributed by atoms with Crippen LogP contribution in [-0.2, 0) is 6.18 Å². The highest BCUT2D eigenvalue weighted by atomic mass is 19.4. The van der Waals surface area contributed by atoms with Gasteiger partial charge in [0.25, 0.3) is 0 Å².